The molecule has 0 atom stereocenters. The first-order valence-corrected chi connectivity index (χ1v) is 6.49. The van der Waals surface area contributed by atoms with Crippen LogP contribution in [-0.4, -0.2) is 38.1 Å². The van der Waals surface area contributed by atoms with Crippen molar-refractivity contribution in [3.63, 3.8) is 0 Å². The molecule has 0 rings (SSSR count). The van der Waals surface area contributed by atoms with Gasteiger partial charge in [0.1, 0.15) is 0 Å². The Morgan fingerprint density at radius 1 is 1.50 bits per heavy atom. The van der Waals surface area contributed by atoms with E-state index in [2.05, 4.69) is 27.7 Å². The Labute approximate surface area is 91.2 Å². The van der Waals surface area contributed by atoms with Crippen molar-refractivity contribution >= 4 is 47.2 Å². The molecule has 0 aliphatic carbocycles. The molecule has 0 aromatic rings. The Balaban J connectivity index is -0.0000000910. The van der Waals surface area contributed by atoms with Crippen molar-refractivity contribution in [2.75, 3.05) is 0 Å². The van der Waals surface area contributed by atoms with Gasteiger partial charge in [-0.1, -0.05) is 40.5 Å². The average Bonchev–Trinajstić information content (AvgIpc) is 1.89. The second kappa shape index (κ2) is 16.9. The molecule has 0 spiro atoms. The third kappa shape index (κ3) is 33.4. The van der Waals surface area contributed by atoms with Gasteiger partial charge in [-0.3, -0.25) is 0 Å². The molecule has 0 N–H and O–H groups in total. The first kappa shape index (κ1) is 17.7. The predicted octanol–water partition coefficient (Wildman–Crippen LogP) is 2.64. The van der Waals surface area contributed by atoms with Gasteiger partial charge in [0, 0.05) is 0 Å². The molecule has 0 saturated heterocycles. The van der Waals surface area contributed by atoms with E-state index in [1.165, 1.54) is 6.42 Å². The second-order valence-electron chi connectivity index (χ2n) is 2.40. The molecule has 0 nitrogen and oxygen atoms in total. The second-order valence-corrected chi connectivity index (χ2v) is 5.27. The van der Waals surface area contributed by atoms with Gasteiger partial charge in [0.15, 0.2) is 0 Å². The maximum absolute atomic E-state index is 5.48. The molecular weight excluding hydrogens is 151 g/mol. The molecule has 0 aromatic carbocycles. The van der Waals surface area contributed by atoms with Gasteiger partial charge in [-0.25, -0.2) is 0 Å². The molecule has 0 aliphatic rings. The van der Waals surface area contributed by atoms with Crippen LogP contribution in [0.3, 0.4) is 0 Å². The Morgan fingerprint density at radius 3 is 1.70 bits per heavy atom. The van der Waals surface area contributed by atoms with E-state index >= 15 is 0 Å². The van der Waals surface area contributed by atoms with Crippen LogP contribution < -0.4 is 0 Å². The van der Waals surface area contributed by atoms with Gasteiger partial charge in [-0.15, -0.1) is 4.05 Å². The number of halogens is 1. The van der Waals surface area contributed by atoms with Gasteiger partial charge in [0.2, 0.25) is 0 Å². The van der Waals surface area contributed by atoms with E-state index in [4.69, 9.17) is 9.07 Å². The zero-order valence-corrected chi connectivity index (χ0v) is 8.95. The van der Waals surface area contributed by atoms with Crippen LogP contribution in [-0.2, 0) is 0 Å². The molecular formula is C7H17ClLiMg. The SMILES string of the molecule is C[CH](C)[Mg][Cl].[CH2]CCC.[LiH]. The molecule has 0 bridgehead atoms. The van der Waals surface area contributed by atoms with Crippen LogP contribution in [0.1, 0.15) is 33.6 Å². The summed E-state index contributed by atoms with van der Waals surface area (Å²) < 4.78 is 0.789. The Morgan fingerprint density at radius 2 is 1.70 bits per heavy atom. The van der Waals surface area contributed by atoms with Crippen molar-refractivity contribution in [1.29, 1.82) is 0 Å². The third-order valence-corrected chi connectivity index (χ3v) is 3.13. The number of hydrogen-bond acceptors (Lipinski definition) is 0. The summed E-state index contributed by atoms with van der Waals surface area (Å²) in [5, 5.41) is 0. The summed E-state index contributed by atoms with van der Waals surface area (Å²) in [6.07, 6.45) is 2.28. The topological polar surface area (TPSA) is 0 Å². The van der Waals surface area contributed by atoms with E-state index in [1.54, 1.807) is 0 Å². The van der Waals surface area contributed by atoms with Crippen molar-refractivity contribution in [2.24, 2.45) is 0 Å². The fraction of sp³-hybridized carbons (Fsp3) is 0.857. The fourth-order valence-electron chi connectivity index (χ4n) is 0. The Hall–Kier alpha value is 1.65. The predicted molar refractivity (Wildman–Crippen MR) is 54.1 cm³/mol. The summed E-state index contributed by atoms with van der Waals surface area (Å²) in [6.45, 7) is 10.0. The Kier molecular flexibility index (Phi) is 29.9. The number of hydrogen-bond donors (Lipinski definition) is 0. The van der Waals surface area contributed by atoms with Crippen molar-refractivity contribution in [3.8, 4) is 0 Å². The summed E-state index contributed by atoms with van der Waals surface area (Å²) in [5.74, 6) is 0. The minimum atomic E-state index is -0.179. The molecule has 55 valence electrons. The van der Waals surface area contributed by atoms with Gasteiger partial charge < -0.3 is 9.07 Å². The molecule has 1 radical (unpaired) electrons. The fourth-order valence-corrected chi connectivity index (χ4v) is 0. The van der Waals surface area contributed by atoms with E-state index in [0.717, 1.165) is 10.5 Å². The zero-order valence-electron chi connectivity index (χ0n) is 6.78. The molecule has 0 aliphatic heterocycles. The van der Waals surface area contributed by atoms with Gasteiger partial charge in [-0.2, -0.15) is 0 Å². The van der Waals surface area contributed by atoms with Crippen LogP contribution in [0.25, 0.3) is 0 Å². The molecule has 0 fully saturated rings. The van der Waals surface area contributed by atoms with Crippen LogP contribution in [0.15, 0.2) is 0 Å². The van der Waals surface area contributed by atoms with Gasteiger partial charge in [0.05, 0.1) is 0 Å². The normalized spacial score (nSPS) is 7.00. The van der Waals surface area contributed by atoms with Crippen LogP contribution >= 0.6 is 9.07 Å². The molecule has 0 saturated carbocycles. The standard InChI is InChI=1S/C4H9.C3H7.ClH.Li.Mg.H/c1-3-4-2;1-3-2;;;;/h1,3-4H2,2H3;3H,1-2H3;1H;;;/q;;;;+1;/p-1. The zero-order chi connectivity index (χ0) is 7.70. The quantitative estimate of drug-likeness (QED) is 0.555. The maximum atomic E-state index is 5.48. The summed E-state index contributed by atoms with van der Waals surface area (Å²) in [6, 6.07) is 0. The van der Waals surface area contributed by atoms with Crippen LogP contribution in [0.4, 0.5) is 0 Å². The van der Waals surface area contributed by atoms with Gasteiger partial charge in [0.25, 0.3) is 0 Å². The summed E-state index contributed by atoms with van der Waals surface area (Å²) >= 11 is -0.179. The monoisotopic (exact) mass is 167 g/mol. The van der Waals surface area contributed by atoms with Crippen molar-refractivity contribution in [2.45, 2.75) is 37.7 Å². The van der Waals surface area contributed by atoms with Crippen LogP contribution in [0, 0.1) is 6.92 Å². The van der Waals surface area contributed by atoms with Crippen LogP contribution in [0.5, 0.6) is 0 Å². The Bertz CT molecular complexity index is 40.6. The van der Waals surface area contributed by atoms with Crippen molar-refractivity contribution < 1.29 is 0 Å². The summed E-state index contributed by atoms with van der Waals surface area (Å²) in [5.41, 5.74) is 0. The van der Waals surface area contributed by atoms with Crippen molar-refractivity contribution in [1.82, 2.24) is 0 Å². The van der Waals surface area contributed by atoms with Crippen molar-refractivity contribution in [3.05, 3.63) is 6.92 Å². The van der Waals surface area contributed by atoms with E-state index in [0.29, 0.717) is 0 Å². The molecule has 0 unspecified atom stereocenters. The molecule has 0 heterocycles. The van der Waals surface area contributed by atoms with E-state index < -0.39 is 0 Å². The molecule has 0 aromatic heterocycles. The number of rotatable bonds is 2. The first-order valence-electron chi connectivity index (χ1n) is 3.54. The van der Waals surface area contributed by atoms with E-state index in [-0.39, 0.29) is 38.1 Å². The minimum absolute atomic E-state index is 0. The van der Waals surface area contributed by atoms with E-state index in [9.17, 15) is 0 Å². The third-order valence-electron chi connectivity index (χ3n) is 0.662. The average molecular weight is 168 g/mol. The van der Waals surface area contributed by atoms with Gasteiger partial charge >= 0.3 is 38.1 Å². The molecule has 10 heavy (non-hydrogen) atoms. The van der Waals surface area contributed by atoms with Gasteiger partial charge in [-0.05, 0) is 0 Å². The molecule has 3 heteroatoms. The first-order chi connectivity index (χ1) is 4.18. The van der Waals surface area contributed by atoms with Crippen LogP contribution in [0.2, 0.25) is 4.05 Å². The van der Waals surface area contributed by atoms with E-state index in [1.807, 2.05) is 0 Å². The summed E-state index contributed by atoms with van der Waals surface area (Å²) in [7, 11) is 5.48. The number of unbranched alkanes of at least 4 members (excludes halogenated alkanes) is 1. The molecule has 0 amide bonds. The summed E-state index contributed by atoms with van der Waals surface area (Å²) in [4.78, 5) is 0.